The van der Waals surface area contributed by atoms with Gasteiger partial charge in [0, 0.05) is 26.8 Å². The highest BCUT2D eigenvalue weighted by atomic mass is 127. The van der Waals surface area contributed by atoms with Gasteiger partial charge in [0.2, 0.25) is 0 Å². The number of fused-ring (bicyclic) bond motifs is 1. The summed E-state index contributed by atoms with van der Waals surface area (Å²) in [4.78, 5) is 7.50. The summed E-state index contributed by atoms with van der Waals surface area (Å²) in [6, 6.07) is 2.06. The van der Waals surface area contributed by atoms with Crippen molar-refractivity contribution in [1.29, 1.82) is 0 Å². The maximum Gasteiger partial charge on any atom is 0.0816 e. The summed E-state index contributed by atoms with van der Waals surface area (Å²) in [6.07, 6.45) is 4.62. The van der Waals surface area contributed by atoms with E-state index in [1.807, 2.05) is 12.4 Å². The van der Waals surface area contributed by atoms with E-state index < -0.39 is 0 Å². The van der Waals surface area contributed by atoms with Crippen LogP contribution in [-0.2, 0) is 10.9 Å². The Balaban J connectivity index is 2.38. The first-order chi connectivity index (χ1) is 8.03. The van der Waals surface area contributed by atoms with Crippen molar-refractivity contribution in [2.24, 2.45) is 0 Å². The summed E-state index contributed by atoms with van der Waals surface area (Å²) in [5.41, 5.74) is 2.30. The van der Waals surface area contributed by atoms with Crippen LogP contribution in [0.15, 0.2) is 18.5 Å². The molecule has 0 saturated carbocycles. The zero-order valence-corrected chi connectivity index (χ0v) is 13.3. The lowest BCUT2D eigenvalue weighted by Crippen LogP contribution is -2.24. The van der Waals surface area contributed by atoms with Crippen molar-refractivity contribution < 1.29 is 4.52 Å². The molecule has 0 bridgehead atoms. The van der Waals surface area contributed by atoms with Crippen molar-refractivity contribution >= 4 is 42.3 Å². The minimum Gasteiger partial charge on any atom is -0.357 e. The van der Waals surface area contributed by atoms with Crippen molar-refractivity contribution in [3.63, 3.8) is 0 Å². The zero-order chi connectivity index (χ0) is 12.5. The van der Waals surface area contributed by atoms with E-state index in [1.165, 1.54) is 14.7 Å². The van der Waals surface area contributed by atoms with Gasteiger partial charge in [-0.15, -0.1) is 0 Å². The molecule has 1 N–H and O–H groups in total. The molecule has 0 aromatic carbocycles. The summed E-state index contributed by atoms with van der Waals surface area (Å²) in [6.45, 7) is 6.34. The molecule has 0 aliphatic heterocycles. The SMILES string of the molecule is CPOC(C)(C)Cc1c(I)[nH]c2cnccc12. The Labute approximate surface area is 117 Å². The predicted octanol–water partition coefficient (Wildman–Crippen LogP) is 3.73. The Hall–Kier alpha value is -0.190. The van der Waals surface area contributed by atoms with Gasteiger partial charge >= 0.3 is 0 Å². The van der Waals surface area contributed by atoms with Crippen molar-refractivity contribution in [3.8, 4) is 0 Å². The molecule has 2 aromatic heterocycles. The number of H-pyrrole nitrogens is 1. The Morgan fingerprint density at radius 1 is 1.53 bits per heavy atom. The fourth-order valence-electron chi connectivity index (χ4n) is 1.98. The van der Waals surface area contributed by atoms with Crippen LogP contribution in [0.25, 0.3) is 10.9 Å². The first-order valence-corrected chi connectivity index (χ1v) is 7.97. The van der Waals surface area contributed by atoms with Gasteiger partial charge < -0.3 is 9.51 Å². The third kappa shape index (κ3) is 2.98. The number of nitrogens with zero attached hydrogens (tertiary/aromatic N) is 1. The number of rotatable bonds is 4. The highest BCUT2D eigenvalue weighted by Gasteiger charge is 2.22. The Bertz CT molecular complexity index is 524. The predicted molar refractivity (Wildman–Crippen MR) is 81.9 cm³/mol. The average molecular weight is 362 g/mol. The lowest BCUT2D eigenvalue weighted by atomic mass is 9.99. The molecule has 1 unspecified atom stereocenters. The Morgan fingerprint density at radius 2 is 2.29 bits per heavy atom. The van der Waals surface area contributed by atoms with Crippen LogP contribution in [0.5, 0.6) is 0 Å². The molecular weight excluding hydrogens is 346 g/mol. The van der Waals surface area contributed by atoms with Crippen LogP contribution in [-0.4, -0.2) is 22.2 Å². The van der Waals surface area contributed by atoms with Crippen LogP contribution in [0.1, 0.15) is 19.4 Å². The van der Waals surface area contributed by atoms with Crippen LogP contribution in [0.4, 0.5) is 0 Å². The van der Waals surface area contributed by atoms with Crippen LogP contribution in [0.2, 0.25) is 0 Å². The van der Waals surface area contributed by atoms with E-state index >= 15 is 0 Å². The quantitative estimate of drug-likeness (QED) is 0.665. The van der Waals surface area contributed by atoms with Crippen molar-refractivity contribution in [2.75, 3.05) is 6.66 Å². The van der Waals surface area contributed by atoms with E-state index in [0.717, 1.165) is 11.9 Å². The minimum absolute atomic E-state index is 0.120. The molecule has 17 heavy (non-hydrogen) atoms. The van der Waals surface area contributed by atoms with Crippen molar-refractivity contribution in [2.45, 2.75) is 25.9 Å². The zero-order valence-electron chi connectivity index (χ0n) is 10.2. The summed E-state index contributed by atoms with van der Waals surface area (Å²) >= 11 is 2.35. The molecule has 2 heterocycles. The first kappa shape index (κ1) is 13.2. The number of nitrogens with one attached hydrogen (secondary N) is 1. The smallest absolute Gasteiger partial charge is 0.0816 e. The highest BCUT2D eigenvalue weighted by molar-refractivity contribution is 14.1. The van der Waals surface area contributed by atoms with Gasteiger partial charge in [0.25, 0.3) is 0 Å². The van der Waals surface area contributed by atoms with E-state index in [1.54, 1.807) is 0 Å². The maximum absolute atomic E-state index is 5.80. The number of halogens is 1. The van der Waals surface area contributed by atoms with Crippen LogP contribution >= 0.6 is 31.4 Å². The van der Waals surface area contributed by atoms with Gasteiger partial charge in [0.05, 0.1) is 21.0 Å². The van der Waals surface area contributed by atoms with Crippen LogP contribution < -0.4 is 0 Å². The van der Waals surface area contributed by atoms with E-state index in [4.69, 9.17) is 4.52 Å². The Kier molecular flexibility index (Phi) is 4.06. The molecule has 5 heteroatoms. The third-order valence-electron chi connectivity index (χ3n) is 2.64. The van der Waals surface area contributed by atoms with Crippen molar-refractivity contribution in [1.82, 2.24) is 9.97 Å². The van der Waals surface area contributed by atoms with Gasteiger partial charge in [-0.25, -0.2) is 0 Å². The first-order valence-electron chi connectivity index (χ1n) is 5.48. The van der Waals surface area contributed by atoms with Crippen molar-refractivity contribution in [3.05, 3.63) is 27.7 Å². The normalized spacial score (nSPS) is 12.9. The second-order valence-electron chi connectivity index (χ2n) is 4.58. The molecule has 0 spiro atoms. The number of hydrogen-bond acceptors (Lipinski definition) is 2. The summed E-state index contributed by atoms with van der Waals surface area (Å²) < 4.78 is 6.98. The number of pyridine rings is 1. The number of hydrogen-bond donors (Lipinski definition) is 1. The molecule has 0 saturated heterocycles. The second-order valence-corrected chi connectivity index (χ2v) is 6.27. The van der Waals surface area contributed by atoms with E-state index in [9.17, 15) is 0 Å². The lowest BCUT2D eigenvalue weighted by Gasteiger charge is -2.24. The van der Waals surface area contributed by atoms with E-state index in [2.05, 4.69) is 59.1 Å². The number of aromatic amines is 1. The fourth-order valence-corrected chi connectivity index (χ4v) is 3.38. The van der Waals surface area contributed by atoms with Gasteiger partial charge in [-0.3, -0.25) is 4.98 Å². The summed E-state index contributed by atoms with van der Waals surface area (Å²) in [5, 5.41) is 1.25. The second kappa shape index (κ2) is 5.21. The van der Waals surface area contributed by atoms with Gasteiger partial charge in [-0.2, -0.15) is 0 Å². The molecule has 2 rings (SSSR count). The molecule has 0 aliphatic carbocycles. The molecule has 3 nitrogen and oxygen atoms in total. The van der Waals surface area contributed by atoms with Gasteiger partial charge in [-0.05, 0) is 54.7 Å². The topological polar surface area (TPSA) is 37.9 Å². The molecule has 92 valence electrons. The molecule has 1 atom stereocenters. The molecule has 0 amide bonds. The standard InChI is InChI=1S/C12H16IN2OP/c1-12(2,16-17-3)6-9-8-4-5-14-7-10(8)15-11(9)13/h4-5,7,15,17H,6H2,1-3H3. The lowest BCUT2D eigenvalue weighted by molar-refractivity contribution is 0.135. The van der Waals surface area contributed by atoms with E-state index in [0.29, 0.717) is 8.81 Å². The van der Waals surface area contributed by atoms with Crippen LogP contribution in [0.3, 0.4) is 0 Å². The van der Waals surface area contributed by atoms with Crippen LogP contribution in [0, 0.1) is 3.70 Å². The monoisotopic (exact) mass is 362 g/mol. The highest BCUT2D eigenvalue weighted by Crippen LogP contribution is 2.30. The molecule has 0 aliphatic rings. The molecular formula is C12H16IN2OP. The summed E-state index contributed by atoms with van der Waals surface area (Å²) in [5.74, 6) is 0. The molecule has 0 radical (unpaired) electrons. The maximum atomic E-state index is 5.80. The van der Waals surface area contributed by atoms with E-state index in [-0.39, 0.29) is 5.60 Å². The Morgan fingerprint density at radius 3 is 3.00 bits per heavy atom. The largest absolute Gasteiger partial charge is 0.357 e. The number of aromatic nitrogens is 2. The molecule has 2 aromatic rings. The fraction of sp³-hybridized carbons (Fsp3) is 0.417. The van der Waals surface area contributed by atoms with Gasteiger partial charge in [0.15, 0.2) is 0 Å². The van der Waals surface area contributed by atoms with Gasteiger partial charge in [-0.1, -0.05) is 0 Å². The molecule has 0 fully saturated rings. The average Bonchev–Trinajstić information content (AvgIpc) is 2.55. The summed E-state index contributed by atoms with van der Waals surface area (Å²) in [7, 11) is 0.519. The van der Waals surface area contributed by atoms with Gasteiger partial charge in [0.1, 0.15) is 0 Å². The third-order valence-corrected chi connectivity index (χ3v) is 4.31. The minimum atomic E-state index is -0.120.